The van der Waals surface area contributed by atoms with E-state index in [-0.39, 0.29) is 22.5 Å². The molecule has 254 valence electrons. The van der Waals surface area contributed by atoms with Crippen molar-refractivity contribution in [2.24, 2.45) is 17.8 Å². The summed E-state index contributed by atoms with van der Waals surface area (Å²) in [6.07, 6.45) is 1.60. The van der Waals surface area contributed by atoms with Crippen LogP contribution in [-0.2, 0) is 25.6 Å². The summed E-state index contributed by atoms with van der Waals surface area (Å²) in [6.45, 7) is 1.94. The number of benzene rings is 3. The molecule has 2 aliphatic heterocycles. The average Bonchev–Trinajstić information content (AvgIpc) is 3.42. The molecule has 2 aliphatic carbocycles. The third kappa shape index (κ3) is 4.37. The van der Waals surface area contributed by atoms with Crippen LogP contribution in [-0.4, -0.2) is 38.5 Å². The first kappa shape index (κ1) is 33.7. The summed E-state index contributed by atoms with van der Waals surface area (Å²) in [5.41, 5.74) is -0.476. The van der Waals surface area contributed by atoms with Crippen molar-refractivity contribution in [3.8, 4) is 5.75 Å². The zero-order valence-electron chi connectivity index (χ0n) is 25.0. The number of nitrogens with zero attached hydrogens (tertiary/aromatic N) is 2. The molecule has 0 aromatic heterocycles. The molecular formula is C34H22BrCl2F5N2O5. The lowest BCUT2D eigenvalue weighted by molar-refractivity contribution is -0.125. The number of allylic oxidation sites excluding steroid dienone is 2. The number of anilines is 2. The number of imide groups is 2. The Morgan fingerprint density at radius 1 is 0.837 bits per heavy atom. The van der Waals surface area contributed by atoms with Gasteiger partial charge < -0.3 is 5.11 Å². The number of amides is 4. The molecule has 4 aliphatic rings. The quantitative estimate of drug-likeness (QED) is 0.0756. The number of fused-ring (bicyclic) bond motifs is 4. The lowest BCUT2D eigenvalue weighted by Crippen LogP contribution is -2.60. The Morgan fingerprint density at radius 3 is 2.06 bits per heavy atom. The molecule has 0 radical (unpaired) electrons. The highest BCUT2D eigenvalue weighted by Gasteiger charge is 2.77. The van der Waals surface area contributed by atoms with E-state index in [0.29, 0.717) is 16.6 Å². The van der Waals surface area contributed by atoms with E-state index in [4.69, 9.17) is 23.2 Å². The number of phenolic OH excluding ortho intramolecular Hbond substituents is 1. The van der Waals surface area contributed by atoms with Gasteiger partial charge in [0.25, 0.3) is 11.8 Å². The Balaban J connectivity index is 1.43. The lowest BCUT2D eigenvalue weighted by Gasteiger charge is -2.50. The zero-order valence-corrected chi connectivity index (χ0v) is 28.1. The molecular weight excluding hydrogens is 762 g/mol. The maximum atomic E-state index is 15.2. The van der Waals surface area contributed by atoms with Crippen molar-refractivity contribution in [1.29, 1.82) is 0 Å². The number of carbonyl (C=O) groups excluding carboxylic acids is 4. The van der Waals surface area contributed by atoms with E-state index >= 15 is 8.78 Å². The minimum Gasteiger partial charge on any atom is -0.508 e. The van der Waals surface area contributed by atoms with Crippen molar-refractivity contribution in [2.45, 2.75) is 41.9 Å². The predicted molar refractivity (Wildman–Crippen MR) is 171 cm³/mol. The van der Waals surface area contributed by atoms with Gasteiger partial charge in [0.2, 0.25) is 17.6 Å². The van der Waals surface area contributed by atoms with Crippen LogP contribution in [0.15, 0.2) is 58.6 Å². The number of phenols is 1. The Hall–Kier alpha value is -3.81. The lowest BCUT2D eigenvalue weighted by atomic mass is 9.56. The Morgan fingerprint density at radius 2 is 1.45 bits per heavy atom. The number of halogens is 8. The van der Waals surface area contributed by atoms with Crippen molar-refractivity contribution in [1.82, 2.24) is 0 Å². The standard InChI is InChI=1S/C34H22BrCl2F5N2O5/c1-2-13-3-6-15(7-4-13)43-29(46)17-9-8-16-19(21(17)30(43)47)12-33(36)31(48)44(28-26(41)24(39)23(38)25(40)27(28)42)32(49)34(33,37)22(16)18-11-14(35)5-10-20(18)45/h3-8,10-11,17,19,21-22,45H,2,9,12H2,1H3/t17-,19+,21-,22+,33+,34-/m0/s1. The van der Waals surface area contributed by atoms with Crippen LogP contribution >= 0.6 is 39.1 Å². The molecule has 2 heterocycles. The highest BCUT2D eigenvalue weighted by atomic mass is 79.9. The molecule has 3 fully saturated rings. The molecule has 7 rings (SSSR count). The first-order chi connectivity index (χ1) is 23.1. The topological polar surface area (TPSA) is 95.0 Å². The minimum absolute atomic E-state index is 0.0262. The summed E-state index contributed by atoms with van der Waals surface area (Å²) in [4.78, 5) is 51.9. The maximum Gasteiger partial charge on any atom is 0.258 e. The van der Waals surface area contributed by atoms with Crippen LogP contribution in [0.3, 0.4) is 0 Å². The molecule has 49 heavy (non-hydrogen) atoms. The van der Waals surface area contributed by atoms with E-state index < -0.39 is 104 Å². The van der Waals surface area contributed by atoms with Crippen molar-refractivity contribution in [3.63, 3.8) is 0 Å². The third-order valence-corrected chi connectivity index (χ3v) is 12.0. The Bertz CT molecular complexity index is 2040. The molecule has 4 amide bonds. The van der Waals surface area contributed by atoms with Crippen LogP contribution in [0, 0.1) is 46.8 Å². The zero-order chi connectivity index (χ0) is 35.5. The monoisotopic (exact) mass is 782 g/mol. The number of alkyl halides is 2. The molecule has 0 spiro atoms. The van der Waals surface area contributed by atoms with E-state index in [1.165, 1.54) is 18.2 Å². The van der Waals surface area contributed by atoms with Gasteiger partial charge in [0.1, 0.15) is 11.4 Å². The van der Waals surface area contributed by atoms with Gasteiger partial charge in [0, 0.05) is 16.0 Å². The van der Waals surface area contributed by atoms with Gasteiger partial charge in [-0.1, -0.05) is 46.6 Å². The van der Waals surface area contributed by atoms with E-state index in [2.05, 4.69) is 15.9 Å². The Labute approximate surface area is 293 Å². The molecule has 2 saturated heterocycles. The number of hydrogen-bond acceptors (Lipinski definition) is 5. The van der Waals surface area contributed by atoms with Gasteiger partial charge in [-0.3, -0.25) is 24.1 Å². The van der Waals surface area contributed by atoms with E-state index in [0.717, 1.165) is 10.5 Å². The second-order valence-electron chi connectivity index (χ2n) is 12.4. The number of rotatable bonds is 4. The van der Waals surface area contributed by atoms with Gasteiger partial charge in [-0.05, 0) is 61.1 Å². The highest BCUT2D eigenvalue weighted by Crippen LogP contribution is 2.67. The summed E-state index contributed by atoms with van der Waals surface area (Å²) < 4.78 is 73.5. The molecule has 1 N–H and O–H groups in total. The largest absolute Gasteiger partial charge is 0.508 e. The second kappa shape index (κ2) is 11.4. The average molecular weight is 784 g/mol. The van der Waals surface area contributed by atoms with Gasteiger partial charge in [-0.2, -0.15) is 0 Å². The van der Waals surface area contributed by atoms with Crippen LogP contribution in [0.4, 0.5) is 33.3 Å². The number of aryl methyl sites for hydroxylation is 1. The summed E-state index contributed by atoms with van der Waals surface area (Å²) >= 11 is 17.5. The maximum absolute atomic E-state index is 15.2. The van der Waals surface area contributed by atoms with Crippen LogP contribution in [0.5, 0.6) is 5.75 Å². The molecule has 3 aromatic rings. The number of carbonyl (C=O) groups is 4. The van der Waals surface area contributed by atoms with Crippen molar-refractivity contribution in [3.05, 3.63) is 98.8 Å². The fourth-order valence-electron chi connectivity index (χ4n) is 7.80. The molecule has 15 heteroatoms. The van der Waals surface area contributed by atoms with Gasteiger partial charge in [-0.25, -0.2) is 26.9 Å². The summed E-state index contributed by atoms with van der Waals surface area (Å²) in [7, 11) is 0. The van der Waals surface area contributed by atoms with E-state index in [1.54, 1.807) is 30.3 Å². The molecule has 3 aromatic carbocycles. The summed E-state index contributed by atoms with van der Waals surface area (Å²) in [5, 5.41) is 11.1. The van der Waals surface area contributed by atoms with Crippen LogP contribution < -0.4 is 9.80 Å². The Kier molecular flexibility index (Phi) is 7.81. The highest BCUT2D eigenvalue weighted by molar-refractivity contribution is 9.10. The normalized spacial score (nSPS) is 29.3. The molecule has 0 bridgehead atoms. The fraction of sp³-hybridized carbons (Fsp3) is 0.294. The molecule has 0 unspecified atom stereocenters. The smallest absolute Gasteiger partial charge is 0.258 e. The van der Waals surface area contributed by atoms with Crippen molar-refractivity contribution >= 4 is 74.1 Å². The van der Waals surface area contributed by atoms with Crippen LogP contribution in [0.25, 0.3) is 0 Å². The van der Waals surface area contributed by atoms with Crippen molar-refractivity contribution in [2.75, 3.05) is 9.80 Å². The molecule has 6 atom stereocenters. The van der Waals surface area contributed by atoms with Crippen molar-refractivity contribution < 1.29 is 46.2 Å². The van der Waals surface area contributed by atoms with Gasteiger partial charge in [0.15, 0.2) is 33.0 Å². The van der Waals surface area contributed by atoms with E-state index in [9.17, 15) is 37.5 Å². The third-order valence-electron chi connectivity index (χ3n) is 10.1. The number of hydrogen-bond donors (Lipinski definition) is 1. The van der Waals surface area contributed by atoms with Gasteiger partial charge in [0.05, 0.1) is 17.5 Å². The van der Waals surface area contributed by atoms with Crippen LogP contribution in [0.2, 0.25) is 0 Å². The number of aromatic hydroxyl groups is 1. The molecule has 1 saturated carbocycles. The van der Waals surface area contributed by atoms with E-state index in [1.807, 2.05) is 6.92 Å². The first-order valence-corrected chi connectivity index (χ1v) is 16.6. The molecule has 7 nitrogen and oxygen atoms in total. The van der Waals surface area contributed by atoms with Gasteiger partial charge in [-0.15, -0.1) is 23.2 Å². The first-order valence-electron chi connectivity index (χ1n) is 15.0. The van der Waals surface area contributed by atoms with Gasteiger partial charge >= 0.3 is 0 Å². The summed E-state index contributed by atoms with van der Waals surface area (Å²) in [5.74, 6) is -21.9. The SMILES string of the molecule is CCc1ccc(N2C(=O)[C@H]3[C@H](CC=C4[C@H]3C[C@@]3(Cl)C(=O)N(c5c(F)c(F)c(F)c(F)c5F)C(=O)[C@@]3(Cl)[C@H]4c3cc(Br)ccc3O)C2=O)cc1. The minimum atomic E-state index is -2.74. The predicted octanol–water partition coefficient (Wildman–Crippen LogP) is 7.18. The summed E-state index contributed by atoms with van der Waals surface area (Å²) in [6, 6.07) is 10.8. The second-order valence-corrected chi connectivity index (χ2v) is 14.6. The fourth-order valence-corrected chi connectivity index (χ4v) is 9.11. The van der Waals surface area contributed by atoms with Crippen LogP contribution in [0.1, 0.15) is 36.8 Å².